The molecule has 0 aromatic rings. The van der Waals surface area contributed by atoms with Gasteiger partial charge < -0.3 is 10.2 Å². The second-order valence-corrected chi connectivity index (χ2v) is 8.92. The number of fused-ring (bicyclic) bond motifs is 1. The number of allylic oxidation sites excluding steroid dienone is 1. The first kappa shape index (κ1) is 19.7. The fourth-order valence-corrected chi connectivity index (χ4v) is 5.43. The Morgan fingerprint density at radius 3 is 2.44 bits per heavy atom. The molecule has 4 unspecified atom stereocenters. The molecule has 0 aromatic heterocycles. The van der Waals surface area contributed by atoms with Crippen molar-refractivity contribution in [1.29, 1.82) is 0 Å². The Bertz CT molecular complexity index is 603. The van der Waals surface area contributed by atoms with Crippen molar-refractivity contribution in [2.24, 2.45) is 28.6 Å². The number of carboxylic acids is 2. The predicted molar refractivity (Wildman–Crippen MR) is 94.1 cm³/mol. The first-order chi connectivity index (χ1) is 11.5. The predicted octanol–water partition coefficient (Wildman–Crippen LogP) is 3.92. The summed E-state index contributed by atoms with van der Waals surface area (Å²) in [4.78, 5) is 35.5. The number of carbonyl (C=O) groups excluding carboxylic acids is 1. The van der Waals surface area contributed by atoms with Gasteiger partial charge in [0.25, 0.3) is 0 Å². The molecule has 0 aromatic carbocycles. The van der Waals surface area contributed by atoms with Crippen LogP contribution in [0.2, 0.25) is 0 Å². The van der Waals surface area contributed by atoms with Crippen LogP contribution < -0.4 is 0 Å². The van der Waals surface area contributed by atoms with Crippen LogP contribution in [0.1, 0.15) is 66.2 Å². The van der Waals surface area contributed by atoms with Crippen LogP contribution in [0.3, 0.4) is 0 Å². The molecule has 1 saturated carbocycles. The quantitative estimate of drug-likeness (QED) is 0.757. The average Bonchev–Trinajstić information content (AvgIpc) is 2.43. The van der Waals surface area contributed by atoms with Gasteiger partial charge in [0, 0.05) is 17.9 Å². The summed E-state index contributed by atoms with van der Waals surface area (Å²) in [5, 5.41) is 18.6. The highest BCUT2D eigenvalue weighted by molar-refractivity contribution is 6.02. The number of ketones is 1. The van der Waals surface area contributed by atoms with E-state index in [4.69, 9.17) is 5.11 Å². The highest BCUT2D eigenvalue weighted by Gasteiger charge is 2.56. The molecule has 2 aliphatic rings. The van der Waals surface area contributed by atoms with Crippen molar-refractivity contribution in [2.45, 2.75) is 66.2 Å². The molecule has 0 heterocycles. The lowest BCUT2D eigenvalue weighted by Gasteiger charge is -2.55. The number of carboxylic acid groups (broad SMARTS) is 2. The zero-order valence-corrected chi connectivity index (χ0v) is 15.7. The van der Waals surface area contributed by atoms with Gasteiger partial charge in [0.1, 0.15) is 0 Å². The van der Waals surface area contributed by atoms with Gasteiger partial charge in [-0.2, -0.15) is 0 Å². The molecule has 0 bridgehead atoms. The van der Waals surface area contributed by atoms with Crippen LogP contribution in [0.5, 0.6) is 0 Å². The van der Waals surface area contributed by atoms with E-state index in [1.807, 2.05) is 6.92 Å². The first-order valence-electron chi connectivity index (χ1n) is 9.19. The Labute approximate surface area is 149 Å². The lowest BCUT2D eigenvalue weighted by molar-refractivity contribution is -0.143. The van der Waals surface area contributed by atoms with Crippen LogP contribution in [0, 0.1) is 28.6 Å². The minimum Gasteiger partial charge on any atom is -0.481 e. The Kier molecular flexibility index (Phi) is 5.45. The summed E-state index contributed by atoms with van der Waals surface area (Å²) in [5.41, 5.74) is -0.302. The molecule has 5 nitrogen and oxygen atoms in total. The van der Waals surface area contributed by atoms with Gasteiger partial charge in [-0.1, -0.05) is 34.1 Å². The van der Waals surface area contributed by atoms with Gasteiger partial charge in [0.2, 0.25) is 0 Å². The van der Waals surface area contributed by atoms with Gasteiger partial charge in [-0.15, -0.1) is 0 Å². The van der Waals surface area contributed by atoms with Gasteiger partial charge in [-0.05, 0) is 54.4 Å². The number of hydrogen-bond acceptors (Lipinski definition) is 3. The summed E-state index contributed by atoms with van der Waals surface area (Å²) in [5.74, 6) is -2.29. The van der Waals surface area contributed by atoms with Gasteiger partial charge in [-0.3, -0.25) is 9.59 Å². The molecular formula is C20H30O5. The van der Waals surface area contributed by atoms with Crippen LogP contribution in [0.25, 0.3) is 0 Å². The van der Waals surface area contributed by atoms with Crippen LogP contribution in [-0.4, -0.2) is 27.9 Å². The van der Waals surface area contributed by atoms with Crippen molar-refractivity contribution < 1.29 is 24.6 Å². The molecule has 0 radical (unpaired) electrons. The fourth-order valence-electron chi connectivity index (χ4n) is 5.43. The van der Waals surface area contributed by atoms with Crippen LogP contribution >= 0.6 is 0 Å². The second kappa shape index (κ2) is 6.93. The monoisotopic (exact) mass is 350 g/mol. The maximum Gasteiger partial charge on any atom is 0.331 e. The Morgan fingerprint density at radius 2 is 1.88 bits per heavy atom. The Hall–Kier alpha value is -1.65. The molecule has 0 amide bonds. The van der Waals surface area contributed by atoms with Gasteiger partial charge >= 0.3 is 11.9 Å². The number of aliphatic carboxylic acids is 2. The third-order valence-electron chi connectivity index (χ3n) is 6.45. The summed E-state index contributed by atoms with van der Waals surface area (Å²) < 4.78 is 0. The van der Waals surface area contributed by atoms with E-state index in [0.29, 0.717) is 12.8 Å². The standard InChI is InChI=1S/C20H30O5/c1-12(10-16(22)23)6-7-14-13(18(24)25)11-15(21)17-19(2,3)8-5-9-20(14,17)4/h11-12,14,17H,5-10H2,1-4H3,(H,22,23)(H,24,25). The molecule has 1 fully saturated rings. The molecule has 5 heteroatoms. The Balaban J connectivity index is 2.35. The third-order valence-corrected chi connectivity index (χ3v) is 6.45. The van der Waals surface area contributed by atoms with Gasteiger partial charge in [0.05, 0.1) is 0 Å². The smallest absolute Gasteiger partial charge is 0.331 e. The number of hydrogen-bond donors (Lipinski definition) is 2. The molecule has 0 aliphatic heterocycles. The van der Waals surface area contributed by atoms with Crippen molar-refractivity contribution in [3.8, 4) is 0 Å². The maximum atomic E-state index is 12.8. The van der Waals surface area contributed by atoms with Crippen LogP contribution in [0.4, 0.5) is 0 Å². The number of rotatable bonds is 6. The Morgan fingerprint density at radius 1 is 1.24 bits per heavy atom. The zero-order chi connectivity index (χ0) is 19.0. The van der Waals surface area contributed by atoms with Gasteiger partial charge in [-0.25, -0.2) is 4.79 Å². The molecule has 25 heavy (non-hydrogen) atoms. The normalized spacial score (nSPS) is 32.5. The lowest BCUT2D eigenvalue weighted by Crippen LogP contribution is -2.53. The fraction of sp³-hybridized carbons (Fsp3) is 0.750. The molecule has 140 valence electrons. The van der Waals surface area contributed by atoms with E-state index in [-0.39, 0.29) is 46.4 Å². The van der Waals surface area contributed by atoms with Crippen molar-refractivity contribution in [1.82, 2.24) is 0 Å². The maximum absolute atomic E-state index is 12.8. The van der Waals surface area contributed by atoms with E-state index in [9.17, 15) is 19.5 Å². The number of carbonyl (C=O) groups is 3. The van der Waals surface area contributed by atoms with Crippen LogP contribution in [-0.2, 0) is 14.4 Å². The molecular weight excluding hydrogens is 320 g/mol. The zero-order valence-electron chi connectivity index (χ0n) is 15.7. The molecule has 2 rings (SSSR count). The molecule has 2 N–H and O–H groups in total. The molecule has 0 saturated heterocycles. The summed E-state index contributed by atoms with van der Waals surface area (Å²) in [7, 11) is 0. The SMILES string of the molecule is CC(CCC1C(C(=O)O)=CC(=O)C2C(C)(C)CCCC12C)CC(=O)O. The van der Waals surface area contributed by atoms with Crippen molar-refractivity contribution in [3.05, 3.63) is 11.6 Å². The topological polar surface area (TPSA) is 91.7 Å². The average molecular weight is 350 g/mol. The van der Waals surface area contributed by atoms with E-state index in [2.05, 4.69) is 20.8 Å². The third kappa shape index (κ3) is 3.80. The molecule has 0 spiro atoms. The summed E-state index contributed by atoms with van der Waals surface area (Å²) in [6, 6.07) is 0. The first-order valence-corrected chi connectivity index (χ1v) is 9.19. The van der Waals surface area contributed by atoms with E-state index < -0.39 is 11.9 Å². The minimum absolute atomic E-state index is 0.0103. The summed E-state index contributed by atoms with van der Waals surface area (Å²) in [6.45, 7) is 8.17. The van der Waals surface area contributed by atoms with Crippen LogP contribution in [0.15, 0.2) is 11.6 Å². The lowest BCUT2D eigenvalue weighted by atomic mass is 9.47. The van der Waals surface area contributed by atoms with E-state index in [1.54, 1.807) is 0 Å². The summed E-state index contributed by atoms with van der Waals surface area (Å²) >= 11 is 0. The van der Waals surface area contributed by atoms with Crippen molar-refractivity contribution in [2.75, 3.05) is 0 Å². The van der Waals surface area contributed by atoms with Crippen molar-refractivity contribution >= 4 is 17.7 Å². The van der Waals surface area contributed by atoms with Crippen molar-refractivity contribution in [3.63, 3.8) is 0 Å². The molecule has 2 aliphatic carbocycles. The largest absolute Gasteiger partial charge is 0.481 e. The summed E-state index contributed by atoms with van der Waals surface area (Å²) in [6.07, 6.45) is 5.51. The highest BCUT2D eigenvalue weighted by atomic mass is 16.4. The molecule has 4 atom stereocenters. The highest BCUT2D eigenvalue weighted by Crippen LogP contribution is 2.59. The van der Waals surface area contributed by atoms with E-state index in [1.165, 1.54) is 6.08 Å². The van der Waals surface area contributed by atoms with E-state index >= 15 is 0 Å². The second-order valence-electron chi connectivity index (χ2n) is 8.92. The van der Waals surface area contributed by atoms with E-state index in [0.717, 1.165) is 19.3 Å². The van der Waals surface area contributed by atoms with Gasteiger partial charge in [0.15, 0.2) is 5.78 Å². The minimum atomic E-state index is -1.02.